The summed E-state index contributed by atoms with van der Waals surface area (Å²) in [5, 5.41) is 20.1. The van der Waals surface area contributed by atoms with Crippen molar-refractivity contribution in [2.75, 3.05) is 5.32 Å². The van der Waals surface area contributed by atoms with Gasteiger partial charge in [-0.15, -0.1) is 5.10 Å². The van der Waals surface area contributed by atoms with Gasteiger partial charge >= 0.3 is 0 Å². The Morgan fingerprint density at radius 2 is 1.96 bits per heavy atom. The van der Waals surface area contributed by atoms with Gasteiger partial charge in [-0.3, -0.25) is 9.48 Å². The summed E-state index contributed by atoms with van der Waals surface area (Å²) in [6, 6.07) is 11.6. The van der Waals surface area contributed by atoms with Gasteiger partial charge in [0.1, 0.15) is 5.82 Å². The van der Waals surface area contributed by atoms with Crippen LogP contribution >= 0.6 is 0 Å². The topological polar surface area (TPSA) is 88.5 Å². The minimum atomic E-state index is -0.296. The van der Waals surface area contributed by atoms with Crippen LogP contribution in [0.2, 0.25) is 0 Å². The van der Waals surface area contributed by atoms with E-state index in [0.29, 0.717) is 11.1 Å². The predicted octanol–water partition coefficient (Wildman–Crippen LogP) is 2.49. The minimum absolute atomic E-state index is 0.237. The number of aromatic nitrogens is 5. The van der Waals surface area contributed by atoms with E-state index in [9.17, 15) is 9.18 Å². The van der Waals surface area contributed by atoms with Crippen molar-refractivity contribution in [3.05, 3.63) is 81.8 Å². The van der Waals surface area contributed by atoms with Gasteiger partial charge in [0, 0.05) is 24.3 Å². The Morgan fingerprint density at radius 1 is 1.15 bits per heavy atom. The summed E-state index contributed by atoms with van der Waals surface area (Å²) in [6.07, 6.45) is 1.83. The van der Waals surface area contributed by atoms with Gasteiger partial charge in [-0.1, -0.05) is 23.4 Å². The first-order valence-corrected chi connectivity index (χ1v) is 8.51. The van der Waals surface area contributed by atoms with E-state index in [4.69, 9.17) is 0 Å². The van der Waals surface area contributed by atoms with E-state index in [1.165, 1.54) is 12.1 Å². The van der Waals surface area contributed by atoms with Crippen molar-refractivity contribution >= 4 is 16.5 Å². The molecule has 2 aromatic heterocycles. The SMILES string of the molecule is Cn1cc(C2c3n[nH]c(=O)c4cccc(c34)N[C@H]2c2ccc(F)cc2)nn1. The molecule has 0 saturated carbocycles. The van der Waals surface area contributed by atoms with Crippen molar-refractivity contribution in [2.45, 2.75) is 12.0 Å². The predicted molar refractivity (Wildman–Crippen MR) is 98.0 cm³/mol. The maximum absolute atomic E-state index is 13.4. The zero-order chi connectivity index (χ0) is 18.5. The number of benzene rings is 2. The van der Waals surface area contributed by atoms with Gasteiger partial charge in [0.25, 0.3) is 5.56 Å². The number of aryl methyl sites for hydroxylation is 1. The van der Waals surface area contributed by atoms with Crippen LogP contribution in [-0.2, 0) is 7.05 Å². The normalized spacial score (nSPS) is 18.4. The molecule has 27 heavy (non-hydrogen) atoms. The monoisotopic (exact) mass is 362 g/mol. The molecule has 0 amide bonds. The smallest absolute Gasteiger partial charge is 0.272 e. The highest BCUT2D eigenvalue weighted by Crippen LogP contribution is 2.45. The van der Waals surface area contributed by atoms with Gasteiger partial charge in [-0.05, 0) is 29.8 Å². The molecule has 3 heterocycles. The molecule has 0 aliphatic carbocycles. The Morgan fingerprint density at radius 3 is 2.70 bits per heavy atom. The van der Waals surface area contributed by atoms with E-state index in [1.54, 1.807) is 29.9 Å². The zero-order valence-electron chi connectivity index (χ0n) is 14.3. The molecule has 8 heteroatoms. The minimum Gasteiger partial charge on any atom is -0.377 e. The summed E-state index contributed by atoms with van der Waals surface area (Å²) in [7, 11) is 1.80. The summed E-state index contributed by atoms with van der Waals surface area (Å²) < 4.78 is 15.1. The van der Waals surface area contributed by atoms with Crippen molar-refractivity contribution in [3.8, 4) is 0 Å². The van der Waals surface area contributed by atoms with E-state index in [2.05, 4.69) is 25.8 Å². The van der Waals surface area contributed by atoms with Crippen LogP contribution in [0.3, 0.4) is 0 Å². The number of anilines is 1. The number of rotatable bonds is 2. The van der Waals surface area contributed by atoms with E-state index < -0.39 is 0 Å². The number of nitrogens with zero attached hydrogens (tertiary/aromatic N) is 4. The fourth-order valence-corrected chi connectivity index (χ4v) is 3.76. The van der Waals surface area contributed by atoms with Crippen molar-refractivity contribution in [2.24, 2.45) is 7.05 Å². The molecule has 0 saturated heterocycles. The Balaban J connectivity index is 1.79. The highest BCUT2D eigenvalue weighted by molar-refractivity contribution is 5.97. The Kier molecular flexibility index (Phi) is 3.33. The van der Waals surface area contributed by atoms with E-state index in [1.807, 2.05) is 18.3 Å². The van der Waals surface area contributed by atoms with Crippen LogP contribution < -0.4 is 10.9 Å². The number of H-pyrrole nitrogens is 1. The third kappa shape index (κ3) is 2.41. The quantitative estimate of drug-likeness (QED) is 0.572. The Hall–Kier alpha value is -3.55. The maximum Gasteiger partial charge on any atom is 0.272 e. The molecule has 2 aromatic carbocycles. The fourth-order valence-electron chi connectivity index (χ4n) is 3.76. The van der Waals surface area contributed by atoms with Crippen LogP contribution in [0.4, 0.5) is 10.1 Å². The lowest BCUT2D eigenvalue weighted by Gasteiger charge is -2.33. The molecule has 1 aliphatic rings. The van der Waals surface area contributed by atoms with Gasteiger partial charge in [-0.25, -0.2) is 9.49 Å². The molecule has 1 unspecified atom stereocenters. The highest BCUT2D eigenvalue weighted by atomic mass is 19.1. The van der Waals surface area contributed by atoms with Crippen LogP contribution in [0.25, 0.3) is 10.8 Å². The highest BCUT2D eigenvalue weighted by Gasteiger charge is 2.36. The van der Waals surface area contributed by atoms with Gasteiger partial charge in [0.2, 0.25) is 0 Å². The summed E-state index contributed by atoms with van der Waals surface area (Å²) in [6.45, 7) is 0. The van der Waals surface area contributed by atoms with E-state index in [0.717, 1.165) is 22.3 Å². The average Bonchev–Trinajstić information content (AvgIpc) is 3.10. The maximum atomic E-state index is 13.4. The standard InChI is InChI=1S/C19H15FN6O/c1-26-9-14(22-25-26)16-17(10-5-7-11(20)8-6-10)21-13-4-2-3-12-15(13)18(16)23-24-19(12)27/h2-9,16-17,21H,1H3,(H,24,27)/t16?,17-/m0/s1. The molecule has 2 atom stereocenters. The third-order valence-electron chi connectivity index (χ3n) is 4.95. The number of hydrogen-bond acceptors (Lipinski definition) is 5. The first-order chi connectivity index (χ1) is 13.1. The second-order valence-electron chi connectivity index (χ2n) is 6.63. The van der Waals surface area contributed by atoms with Crippen LogP contribution in [-0.4, -0.2) is 25.2 Å². The Bertz CT molecular complexity index is 1210. The van der Waals surface area contributed by atoms with E-state index in [-0.39, 0.29) is 23.3 Å². The van der Waals surface area contributed by atoms with Crippen LogP contribution in [0.15, 0.2) is 53.5 Å². The second-order valence-corrected chi connectivity index (χ2v) is 6.63. The summed E-state index contributed by atoms with van der Waals surface area (Å²) in [5.74, 6) is -0.589. The summed E-state index contributed by atoms with van der Waals surface area (Å²) in [4.78, 5) is 12.2. The van der Waals surface area contributed by atoms with Crippen molar-refractivity contribution < 1.29 is 4.39 Å². The average molecular weight is 362 g/mol. The lowest BCUT2D eigenvalue weighted by Crippen LogP contribution is -2.28. The van der Waals surface area contributed by atoms with E-state index >= 15 is 0 Å². The van der Waals surface area contributed by atoms with Gasteiger partial charge in [0.05, 0.1) is 28.7 Å². The fraction of sp³-hybridized carbons (Fsp3) is 0.158. The molecule has 0 fully saturated rings. The van der Waals surface area contributed by atoms with Crippen LogP contribution in [0.1, 0.15) is 28.9 Å². The molecule has 1 aliphatic heterocycles. The van der Waals surface area contributed by atoms with Gasteiger partial charge in [-0.2, -0.15) is 5.10 Å². The van der Waals surface area contributed by atoms with Crippen LogP contribution in [0, 0.1) is 5.82 Å². The van der Waals surface area contributed by atoms with Gasteiger partial charge in [0.15, 0.2) is 0 Å². The molecule has 134 valence electrons. The van der Waals surface area contributed by atoms with Gasteiger partial charge < -0.3 is 5.32 Å². The zero-order valence-corrected chi connectivity index (χ0v) is 14.3. The first kappa shape index (κ1) is 15.7. The third-order valence-corrected chi connectivity index (χ3v) is 4.95. The number of aromatic amines is 1. The van der Waals surface area contributed by atoms with Crippen molar-refractivity contribution in [1.29, 1.82) is 0 Å². The lowest BCUT2D eigenvalue weighted by molar-refractivity contribution is 0.609. The summed E-state index contributed by atoms with van der Waals surface area (Å²) >= 11 is 0. The molecule has 0 radical (unpaired) electrons. The van der Waals surface area contributed by atoms with Crippen molar-refractivity contribution in [1.82, 2.24) is 25.2 Å². The number of hydrogen-bond donors (Lipinski definition) is 2. The molecular weight excluding hydrogens is 347 g/mol. The molecule has 5 rings (SSSR count). The number of halogens is 1. The number of nitrogens with one attached hydrogen (secondary N) is 2. The lowest BCUT2D eigenvalue weighted by atomic mass is 9.82. The second kappa shape index (κ2) is 5.73. The Labute approximate surface area is 152 Å². The molecule has 0 bridgehead atoms. The van der Waals surface area contributed by atoms with Crippen LogP contribution in [0.5, 0.6) is 0 Å². The molecule has 7 nitrogen and oxygen atoms in total. The molecule has 0 spiro atoms. The largest absolute Gasteiger partial charge is 0.377 e. The summed E-state index contributed by atoms with van der Waals surface area (Å²) in [5.41, 5.74) is 2.90. The molecular formula is C19H15FN6O. The van der Waals surface area contributed by atoms with Crippen molar-refractivity contribution in [3.63, 3.8) is 0 Å². The molecule has 4 aromatic rings. The first-order valence-electron chi connectivity index (χ1n) is 8.51. The molecule has 2 N–H and O–H groups in total.